The number of nitrogens with one attached hydrogen (secondary N) is 1. The van der Waals surface area contributed by atoms with Crippen LogP contribution >= 0.6 is 0 Å². The molecule has 2 atom stereocenters. The average molecular weight is 403 g/mol. The van der Waals surface area contributed by atoms with Crippen LogP contribution in [-0.4, -0.2) is 53.0 Å². The SMILES string of the molecule is CN1CC(=O)N2C(Cc3c([nH]c4c3C=CCC=C4)C2c2ccc3c(c2)OCO3)C1=O. The van der Waals surface area contributed by atoms with Crippen LogP contribution in [0.1, 0.15) is 40.5 Å². The fraction of sp³-hybridized carbons (Fsp3) is 0.304. The molecule has 0 bridgehead atoms. The van der Waals surface area contributed by atoms with E-state index in [2.05, 4.69) is 29.3 Å². The number of amides is 2. The fourth-order valence-corrected chi connectivity index (χ4v) is 4.98. The van der Waals surface area contributed by atoms with Crippen LogP contribution in [0.15, 0.2) is 30.4 Å². The van der Waals surface area contributed by atoms with Gasteiger partial charge in [0.25, 0.3) is 0 Å². The predicted molar refractivity (Wildman–Crippen MR) is 110 cm³/mol. The third kappa shape index (κ3) is 2.38. The lowest BCUT2D eigenvalue weighted by atomic mass is 9.85. The summed E-state index contributed by atoms with van der Waals surface area (Å²) in [5, 5.41) is 0. The van der Waals surface area contributed by atoms with Gasteiger partial charge in [0.15, 0.2) is 11.5 Å². The van der Waals surface area contributed by atoms with Crippen LogP contribution in [-0.2, 0) is 16.0 Å². The zero-order valence-electron chi connectivity index (χ0n) is 16.6. The van der Waals surface area contributed by atoms with Crippen molar-refractivity contribution >= 4 is 24.0 Å². The van der Waals surface area contributed by atoms with Gasteiger partial charge in [0.05, 0.1) is 12.6 Å². The number of fused-ring (bicyclic) bond motifs is 5. The number of aromatic amines is 1. The van der Waals surface area contributed by atoms with Crippen molar-refractivity contribution in [3.05, 3.63) is 58.4 Å². The molecule has 152 valence electrons. The number of likely N-dealkylation sites (N-methyl/N-ethyl adjacent to an activating group) is 1. The topological polar surface area (TPSA) is 74.9 Å². The van der Waals surface area contributed by atoms with Crippen molar-refractivity contribution in [3.8, 4) is 11.5 Å². The number of benzene rings is 1. The third-order valence-electron chi connectivity index (χ3n) is 6.37. The van der Waals surface area contributed by atoms with E-state index in [4.69, 9.17) is 9.47 Å². The highest BCUT2D eigenvalue weighted by Gasteiger charge is 2.48. The van der Waals surface area contributed by atoms with Crippen molar-refractivity contribution in [3.63, 3.8) is 0 Å². The number of ether oxygens (including phenoxy) is 2. The number of hydrogen-bond donors (Lipinski definition) is 1. The summed E-state index contributed by atoms with van der Waals surface area (Å²) in [6.45, 7) is 0.279. The van der Waals surface area contributed by atoms with Gasteiger partial charge in [-0.05, 0) is 35.8 Å². The van der Waals surface area contributed by atoms with Gasteiger partial charge in [-0.2, -0.15) is 0 Å². The molecule has 2 unspecified atom stereocenters. The zero-order chi connectivity index (χ0) is 20.4. The molecule has 2 aromatic rings. The summed E-state index contributed by atoms with van der Waals surface area (Å²) in [7, 11) is 1.70. The molecule has 0 saturated carbocycles. The van der Waals surface area contributed by atoms with Crippen LogP contribution in [0.5, 0.6) is 11.5 Å². The second-order valence-electron chi connectivity index (χ2n) is 8.12. The minimum absolute atomic E-state index is 0.0194. The van der Waals surface area contributed by atoms with Gasteiger partial charge in [-0.1, -0.05) is 24.3 Å². The lowest BCUT2D eigenvalue weighted by Gasteiger charge is -2.46. The highest BCUT2D eigenvalue weighted by atomic mass is 16.7. The minimum atomic E-state index is -0.514. The van der Waals surface area contributed by atoms with Gasteiger partial charge < -0.3 is 24.3 Å². The molecule has 1 aromatic carbocycles. The Bertz CT molecular complexity index is 1150. The summed E-state index contributed by atoms with van der Waals surface area (Å²) in [4.78, 5) is 33.1. The Morgan fingerprint density at radius 3 is 2.83 bits per heavy atom. The molecule has 0 radical (unpaired) electrons. The smallest absolute Gasteiger partial charge is 0.245 e. The Morgan fingerprint density at radius 1 is 1.10 bits per heavy atom. The second-order valence-corrected chi connectivity index (χ2v) is 8.12. The van der Waals surface area contributed by atoms with Crippen LogP contribution < -0.4 is 9.47 Å². The average Bonchev–Trinajstić information content (AvgIpc) is 3.27. The Hall–Kier alpha value is -3.48. The molecule has 1 aromatic heterocycles. The quantitative estimate of drug-likeness (QED) is 0.794. The van der Waals surface area contributed by atoms with Gasteiger partial charge in [-0.15, -0.1) is 0 Å². The van der Waals surface area contributed by atoms with E-state index < -0.39 is 6.04 Å². The van der Waals surface area contributed by atoms with Crippen molar-refractivity contribution in [2.75, 3.05) is 20.4 Å². The molecule has 0 spiro atoms. The lowest BCUT2D eigenvalue weighted by molar-refractivity contribution is -0.157. The Kier molecular flexibility index (Phi) is 3.63. The lowest BCUT2D eigenvalue weighted by Crippen LogP contribution is -2.62. The highest BCUT2D eigenvalue weighted by molar-refractivity contribution is 5.96. The molecule has 4 heterocycles. The van der Waals surface area contributed by atoms with E-state index in [-0.39, 0.29) is 31.2 Å². The molecular weight excluding hydrogens is 382 g/mol. The maximum absolute atomic E-state index is 13.1. The molecule has 1 fully saturated rings. The molecule has 1 saturated heterocycles. The van der Waals surface area contributed by atoms with Gasteiger partial charge in [0.2, 0.25) is 18.6 Å². The van der Waals surface area contributed by atoms with Gasteiger partial charge in [-0.3, -0.25) is 9.59 Å². The van der Waals surface area contributed by atoms with E-state index in [0.29, 0.717) is 17.9 Å². The highest BCUT2D eigenvalue weighted by Crippen LogP contribution is 2.44. The minimum Gasteiger partial charge on any atom is -0.454 e. The van der Waals surface area contributed by atoms with Crippen LogP contribution in [0.4, 0.5) is 0 Å². The monoisotopic (exact) mass is 403 g/mol. The molecule has 7 nitrogen and oxygen atoms in total. The summed E-state index contributed by atoms with van der Waals surface area (Å²) in [6.07, 6.45) is 9.82. The first-order valence-corrected chi connectivity index (χ1v) is 10.2. The molecule has 7 heteroatoms. The van der Waals surface area contributed by atoms with Crippen molar-refractivity contribution in [2.45, 2.75) is 24.9 Å². The number of carbonyl (C=O) groups excluding carboxylic acids is 2. The van der Waals surface area contributed by atoms with Crippen molar-refractivity contribution in [1.29, 1.82) is 0 Å². The second kappa shape index (κ2) is 6.26. The fourth-order valence-electron chi connectivity index (χ4n) is 4.98. The largest absolute Gasteiger partial charge is 0.454 e. The van der Waals surface area contributed by atoms with Gasteiger partial charge in [-0.25, -0.2) is 0 Å². The number of allylic oxidation sites excluding steroid dienone is 2. The molecule has 30 heavy (non-hydrogen) atoms. The van der Waals surface area contributed by atoms with Crippen LogP contribution in [0, 0.1) is 0 Å². The van der Waals surface area contributed by atoms with Gasteiger partial charge in [0.1, 0.15) is 6.04 Å². The first kappa shape index (κ1) is 17.4. The normalized spacial score (nSPS) is 23.9. The number of rotatable bonds is 1. The van der Waals surface area contributed by atoms with E-state index in [1.54, 1.807) is 11.9 Å². The van der Waals surface area contributed by atoms with Gasteiger partial charge >= 0.3 is 0 Å². The van der Waals surface area contributed by atoms with Crippen molar-refractivity contribution in [2.24, 2.45) is 0 Å². The molecule has 4 aliphatic rings. The molecule has 6 rings (SSSR count). The first-order chi connectivity index (χ1) is 14.6. The van der Waals surface area contributed by atoms with Crippen molar-refractivity contribution in [1.82, 2.24) is 14.8 Å². The maximum atomic E-state index is 13.1. The van der Waals surface area contributed by atoms with Crippen molar-refractivity contribution < 1.29 is 19.1 Å². The van der Waals surface area contributed by atoms with Gasteiger partial charge in [0, 0.05) is 30.4 Å². The third-order valence-corrected chi connectivity index (χ3v) is 6.37. The van der Waals surface area contributed by atoms with Crippen LogP contribution in [0.3, 0.4) is 0 Å². The summed E-state index contributed by atoms with van der Waals surface area (Å²) < 4.78 is 11.0. The van der Waals surface area contributed by atoms with E-state index in [0.717, 1.165) is 34.5 Å². The molecule has 3 aliphatic heterocycles. The number of carbonyl (C=O) groups is 2. The summed E-state index contributed by atoms with van der Waals surface area (Å²) in [5.74, 6) is 1.29. The van der Waals surface area contributed by atoms with E-state index in [1.165, 1.54) is 4.90 Å². The van der Waals surface area contributed by atoms with E-state index in [9.17, 15) is 9.59 Å². The molecule has 1 aliphatic carbocycles. The summed E-state index contributed by atoms with van der Waals surface area (Å²) in [6, 6.07) is 4.86. The Morgan fingerprint density at radius 2 is 1.93 bits per heavy atom. The Labute approximate surface area is 173 Å². The van der Waals surface area contributed by atoms with E-state index in [1.807, 2.05) is 18.2 Å². The number of piperazine rings is 1. The molecule has 2 amide bonds. The zero-order valence-corrected chi connectivity index (χ0v) is 16.6. The summed E-state index contributed by atoms with van der Waals surface area (Å²) >= 11 is 0. The predicted octanol–water partition coefficient (Wildman–Crippen LogP) is 2.49. The van der Waals surface area contributed by atoms with Crippen LogP contribution in [0.2, 0.25) is 0 Å². The van der Waals surface area contributed by atoms with E-state index >= 15 is 0 Å². The number of hydrogen-bond acceptors (Lipinski definition) is 4. The summed E-state index contributed by atoms with van der Waals surface area (Å²) in [5.41, 5.74) is 5.11. The standard InChI is InChI=1S/C23H21N3O4/c1-25-11-20(27)26-17(23(25)28)10-15-14-5-3-2-4-6-16(14)24-21(15)22(26)13-7-8-18-19(9-13)30-12-29-18/h3-9,17,22,24H,2,10-12H2,1H3. The molecule has 1 N–H and O–H groups in total. The number of nitrogens with zero attached hydrogens (tertiary/aromatic N) is 2. The number of aromatic nitrogens is 1. The number of H-pyrrole nitrogens is 1. The first-order valence-electron chi connectivity index (χ1n) is 10.2. The van der Waals surface area contributed by atoms with Crippen LogP contribution in [0.25, 0.3) is 12.2 Å². The Balaban J connectivity index is 1.57. The maximum Gasteiger partial charge on any atom is 0.245 e. The molecular formula is C23H21N3O4.